The molecular weight excluding hydrogens is 333 g/mol. The van der Waals surface area contributed by atoms with E-state index in [9.17, 15) is 4.39 Å². The quantitative estimate of drug-likeness (QED) is 0.849. The second-order valence-electron chi connectivity index (χ2n) is 4.89. The average molecular weight is 352 g/mol. The fourth-order valence-electron chi connectivity index (χ4n) is 2.32. The summed E-state index contributed by atoms with van der Waals surface area (Å²) in [6, 6.07) is 11.1. The van der Waals surface area contributed by atoms with Crippen molar-refractivity contribution in [3.63, 3.8) is 0 Å². The molecule has 2 rings (SSSR count). The average Bonchev–Trinajstić information content (AvgIpc) is 2.48. The van der Waals surface area contributed by atoms with Crippen LogP contribution in [0.15, 0.2) is 40.9 Å². The first kappa shape index (κ1) is 16.0. The summed E-state index contributed by atoms with van der Waals surface area (Å²) in [5.41, 5.74) is 2.53. The molecule has 0 saturated carbocycles. The van der Waals surface area contributed by atoms with E-state index in [1.165, 1.54) is 0 Å². The maximum Gasteiger partial charge on any atom is 0.126 e. The largest absolute Gasteiger partial charge is 0.496 e. The van der Waals surface area contributed by atoms with Gasteiger partial charge in [-0.15, -0.1) is 0 Å². The number of halogens is 2. The van der Waals surface area contributed by atoms with Crippen LogP contribution in [0.2, 0.25) is 0 Å². The number of ether oxygens (including phenoxy) is 1. The number of hydrogen-bond acceptors (Lipinski definition) is 2. The van der Waals surface area contributed by atoms with Gasteiger partial charge in [0.05, 0.1) is 13.2 Å². The standard InChI is InChI=1S/C17H19BrFNO/c1-4-20-17(12-6-5-11(2)15(19)9-12)14-8-7-13(18)10-16(14)21-3/h5-10,17,20H,4H2,1-3H3. The van der Waals surface area contributed by atoms with Crippen LogP contribution in [-0.2, 0) is 0 Å². The van der Waals surface area contributed by atoms with Crippen molar-refractivity contribution in [2.45, 2.75) is 19.9 Å². The van der Waals surface area contributed by atoms with Crippen LogP contribution in [-0.4, -0.2) is 13.7 Å². The number of aryl methyl sites for hydroxylation is 1. The fraction of sp³-hybridized carbons (Fsp3) is 0.294. The predicted octanol–water partition coefficient (Wildman–Crippen LogP) is 4.60. The maximum absolute atomic E-state index is 13.9. The number of methoxy groups -OCH3 is 1. The van der Waals surface area contributed by atoms with Gasteiger partial charge in [-0.05, 0) is 42.8 Å². The highest BCUT2D eigenvalue weighted by atomic mass is 79.9. The lowest BCUT2D eigenvalue weighted by Crippen LogP contribution is -2.22. The van der Waals surface area contributed by atoms with Crippen molar-refractivity contribution < 1.29 is 9.13 Å². The van der Waals surface area contributed by atoms with Crippen molar-refractivity contribution in [1.82, 2.24) is 5.32 Å². The molecule has 2 aromatic rings. The van der Waals surface area contributed by atoms with Crippen LogP contribution >= 0.6 is 15.9 Å². The molecule has 0 saturated heterocycles. The van der Waals surface area contributed by atoms with Crippen LogP contribution in [0.3, 0.4) is 0 Å². The zero-order chi connectivity index (χ0) is 15.4. The predicted molar refractivity (Wildman–Crippen MR) is 87.4 cm³/mol. The summed E-state index contributed by atoms with van der Waals surface area (Å²) < 4.78 is 20.3. The molecule has 0 bridgehead atoms. The van der Waals surface area contributed by atoms with Gasteiger partial charge in [-0.25, -0.2) is 4.39 Å². The van der Waals surface area contributed by atoms with Crippen molar-refractivity contribution in [3.8, 4) is 5.75 Å². The summed E-state index contributed by atoms with van der Waals surface area (Å²) >= 11 is 3.44. The molecule has 1 N–H and O–H groups in total. The Balaban J connectivity index is 2.50. The first-order valence-electron chi connectivity index (χ1n) is 6.89. The Kier molecular flexibility index (Phi) is 5.37. The Morgan fingerprint density at radius 2 is 2.00 bits per heavy atom. The van der Waals surface area contributed by atoms with Gasteiger partial charge in [-0.1, -0.05) is 41.1 Å². The molecule has 2 aromatic carbocycles. The summed E-state index contributed by atoms with van der Waals surface area (Å²) in [5, 5.41) is 3.39. The molecule has 0 heterocycles. The Labute approximate surface area is 133 Å². The van der Waals surface area contributed by atoms with Crippen LogP contribution in [0.4, 0.5) is 4.39 Å². The molecule has 0 fully saturated rings. The summed E-state index contributed by atoms with van der Waals surface area (Å²) in [6.45, 7) is 4.57. The summed E-state index contributed by atoms with van der Waals surface area (Å²) in [4.78, 5) is 0. The van der Waals surface area contributed by atoms with Crippen LogP contribution in [0, 0.1) is 12.7 Å². The fourth-order valence-corrected chi connectivity index (χ4v) is 2.66. The third kappa shape index (κ3) is 3.63. The van der Waals surface area contributed by atoms with E-state index < -0.39 is 0 Å². The Hall–Kier alpha value is -1.39. The van der Waals surface area contributed by atoms with Crippen LogP contribution in [0.25, 0.3) is 0 Å². The first-order valence-corrected chi connectivity index (χ1v) is 7.69. The Morgan fingerprint density at radius 3 is 2.62 bits per heavy atom. The van der Waals surface area contributed by atoms with E-state index in [0.29, 0.717) is 5.56 Å². The second kappa shape index (κ2) is 7.05. The molecule has 0 aliphatic carbocycles. The summed E-state index contributed by atoms with van der Waals surface area (Å²) in [6.07, 6.45) is 0. The first-order chi connectivity index (χ1) is 10.1. The lowest BCUT2D eigenvalue weighted by Gasteiger charge is -2.22. The van der Waals surface area contributed by atoms with E-state index in [4.69, 9.17) is 4.74 Å². The van der Waals surface area contributed by atoms with Gasteiger partial charge in [-0.2, -0.15) is 0 Å². The molecule has 1 unspecified atom stereocenters. The van der Waals surface area contributed by atoms with E-state index >= 15 is 0 Å². The molecule has 0 aliphatic heterocycles. The highest BCUT2D eigenvalue weighted by Gasteiger charge is 2.18. The van der Waals surface area contributed by atoms with Crippen molar-refractivity contribution in [1.29, 1.82) is 0 Å². The number of hydrogen-bond donors (Lipinski definition) is 1. The zero-order valence-electron chi connectivity index (χ0n) is 12.4. The zero-order valence-corrected chi connectivity index (χ0v) is 14.0. The van der Waals surface area contributed by atoms with Gasteiger partial charge >= 0.3 is 0 Å². The SMILES string of the molecule is CCNC(c1ccc(C)c(F)c1)c1ccc(Br)cc1OC. The van der Waals surface area contributed by atoms with Crippen LogP contribution < -0.4 is 10.1 Å². The normalized spacial score (nSPS) is 12.2. The third-order valence-electron chi connectivity index (χ3n) is 3.44. The minimum Gasteiger partial charge on any atom is -0.496 e. The third-order valence-corrected chi connectivity index (χ3v) is 3.94. The monoisotopic (exact) mass is 351 g/mol. The van der Waals surface area contributed by atoms with Gasteiger partial charge in [-0.3, -0.25) is 0 Å². The molecular formula is C17H19BrFNO. The van der Waals surface area contributed by atoms with Gasteiger partial charge < -0.3 is 10.1 Å². The lowest BCUT2D eigenvalue weighted by atomic mass is 9.96. The molecule has 4 heteroatoms. The van der Waals surface area contributed by atoms with E-state index in [-0.39, 0.29) is 11.9 Å². The smallest absolute Gasteiger partial charge is 0.126 e. The lowest BCUT2D eigenvalue weighted by molar-refractivity contribution is 0.404. The van der Waals surface area contributed by atoms with Gasteiger partial charge in [0.25, 0.3) is 0 Å². The molecule has 0 aromatic heterocycles. The topological polar surface area (TPSA) is 21.3 Å². The van der Waals surface area contributed by atoms with Crippen LogP contribution in [0.1, 0.15) is 29.7 Å². The Morgan fingerprint density at radius 1 is 1.24 bits per heavy atom. The minimum absolute atomic E-state index is 0.104. The van der Waals surface area contributed by atoms with Crippen molar-refractivity contribution in [2.24, 2.45) is 0 Å². The van der Waals surface area contributed by atoms with Gasteiger partial charge in [0.1, 0.15) is 11.6 Å². The molecule has 0 amide bonds. The van der Waals surface area contributed by atoms with Gasteiger partial charge in [0.2, 0.25) is 0 Å². The maximum atomic E-state index is 13.9. The molecule has 21 heavy (non-hydrogen) atoms. The van der Waals surface area contributed by atoms with E-state index in [0.717, 1.165) is 27.9 Å². The highest BCUT2D eigenvalue weighted by molar-refractivity contribution is 9.10. The molecule has 2 nitrogen and oxygen atoms in total. The van der Waals surface area contributed by atoms with Crippen molar-refractivity contribution >= 4 is 15.9 Å². The minimum atomic E-state index is -0.188. The van der Waals surface area contributed by atoms with Crippen molar-refractivity contribution in [3.05, 3.63) is 63.4 Å². The second-order valence-corrected chi connectivity index (χ2v) is 5.80. The number of benzene rings is 2. The molecule has 112 valence electrons. The van der Waals surface area contributed by atoms with Crippen molar-refractivity contribution in [2.75, 3.05) is 13.7 Å². The van der Waals surface area contributed by atoms with E-state index in [2.05, 4.69) is 21.2 Å². The van der Waals surface area contributed by atoms with Crippen LogP contribution in [0.5, 0.6) is 5.75 Å². The number of rotatable bonds is 5. The van der Waals surface area contributed by atoms with Gasteiger partial charge in [0.15, 0.2) is 0 Å². The van der Waals surface area contributed by atoms with E-state index in [1.807, 2.05) is 31.2 Å². The Bertz CT molecular complexity index is 630. The molecule has 1 atom stereocenters. The summed E-state index contributed by atoms with van der Waals surface area (Å²) in [5.74, 6) is 0.586. The number of nitrogens with one attached hydrogen (secondary N) is 1. The van der Waals surface area contributed by atoms with Gasteiger partial charge in [0, 0.05) is 10.0 Å². The molecule has 0 radical (unpaired) electrons. The molecule has 0 spiro atoms. The summed E-state index contributed by atoms with van der Waals surface area (Å²) in [7, 11) is 1.64. The van der Waals surface area contributed by atoms with E-state index in [1.54, 1.807) is 26.2 Å². The molecule has 0 aliphatic rings. The highest BCUT2D eigenvalue weighted by Crippen LogP contribution is 2.32.